The molecule has 0 bridgehead atoms. The Balaban J connectivity index is 1.48. The van der Waals surface area contributed by atoms with Gasteiger partial charge < -0.3 is 20.4 Å². The van der Waals surface area contributed by atoms with E-state index in [1.165, 1.54) is 53.0 Å². The largest absolute Gasteiger partial charge is 0.491 e. The van der Waals surface area contributed by atoms with Gasteiger partial charge in [0.15, 0.2) is 0 Å². The summed E-state index contributed by atoms with van der Waals surface area (Å²) in [4.78, 5) is 39.0. The van der Waals surface area contributed by atoms with E-state index in [1.54, 1.807) is 6.26 Å². The number of sulfone groups is 1. The summed E-state index contributed by atoms with van der Waals surface area (Å²) < 4.78 is 84.8. The number of esters is 2. The first-order chi connectivity index (χ1) is 22.0. The van der Waals surface area contributed by atoms with Crippen molar-refractivity contribution in [2.75, 3.05) is 23.1 Å². The molecule has 2 aromatic carbocycles. The standard InChI is InChI=1S/C27H22BrF4N5O6S4/c1-44-25-20(9-19(46-25)24(33)34)47(41,42)15-7-16(28)23-18(8-15)37(12-35-23)10-13-6-14(2-3-17(13)29)36-21(38)11-45-5-4-22(39)43-26(40)27(30,31)32/h2-3,6-9,12H,4-5,10-11H2,1H3,(H3,33,34)(H,36,38). The van der Waals surface area contributed by atoms with Gasteiger partial charge in [0.05, 0.1) is 49.4 Å². The zero-order valence-corrected chi connectivity index (χ0v) is 28.7. The number of anilines is 1. The van der Waals surface area contributed by atoms with Crippen molar-refractivity contribution in [3.05, 3.63) is 63.5 Å². The third-order valence-electron chi connectivity index (χ3n) is 6.16. The number of thiophene rings is 1. The zero-order valence-electron chi connectivity index (χ0n) is 23.8. The predicted molar refractivity (Wildman–Crippen MR) is 173 cm³/mol. The van der Waals surface area contributed by atoms with Gasteiger partial charge in [-0.15, -0.1) is 23.1 Å². The number of nitrogen functional groups attached to an aromatic ring is 1. The topological polar surface area (TPSA) is 174 Å². The van der Waals surface area contributed by atoms with Crippen LogP contribution >= 0.6 is 50.8 Å². The van der Waals surface area contributed by atoms with Gasteiger partial charge in [0.1, 0.15) is 17.2 Å². The van der Waals surface area contributed by atoms with E-state index in [2.05, 4.69) is 31.0 Å². The summed E-state index contributed by atoms with van der Waals surface area (Å²) in [6, 6.07) is 7.99. The molecule has 4 N–H and O–H groups in total. The summed E-state index contributed by atoms with van der Waals surface area (Å²) in [5, 5.41) is 10.3. The number of ether oxygens (including phenoxy) is 1. The quantitative estimate of drug-likeness (QED) is 0.0313. The van der Waals surface area contributed by atoms with Crippen molar-refractivity contribution < 1.29 is 45.1 Å². The number of imidazole rings is 1. The molecule has 0 saturated carbocycles. The number of thioether (sulfide) groups is 2. The second-order valence-electron chi connectivity index (χ2n) is 9.45. The molecule has 20 heteroatoms. The number of rotatable bonds is 12. The summed E-state index contributed by atoms with van der Waals surface area (Å²) in [7, 11) is -4.07. The lowest BCUT2D eigenvalue weighted by Gasteiger charge is -2.11. The maximum absolute atomic E-state index is 14.9. The van der Waals surface area contributed by atoms with E-state index in [0.29, 0.717) is 24.6 Å². The average Bonchev–Trinajstić information content (AvgIpc) is 3.62. The Bertz CT molecular complexity index is 2000. The van der Waals surface area contributed by atoms with Crippen LogP contribution in [0.5, 0.6) is 0 Å². The van der Waals surface area contributed by atoms with Crippen molar-refractivity contribution in [2.45, 2.75) is 33.1 Å². The fourth-order valence-electron chi connectivity index (χ4n) is 4.01. The number of benzene rings is 2. The minimum absolute atomic E-state index is 0.00153. The number of nitrogens with two attached hydrogens (primary N) is 1. The monoisotopic (exact) mass is 795 g/mol. The molecular weight excluding hydrogens is 774 g/mol. The minimum Gasteiger partial charge on any atom is -0.386 e. The molecule has 2 heterocycles. The number of carbonyl (C=O) groups excluding carboxylic acids is 3. The van der Waals surface area contributed by atoms with Crippen LogP contribution in [-0.2, 0) is 35.5 Å². The molecule has 250 valence electrons. The number of fused-ring (bicyclic) bond motifs is 1. The van der Waals surface area contributed by atoms with Crippen molar-refractivity contribution in [3.63, 3.8) is 0 Å². The second-order valence-corrected chi connectivity index (χ2v) is 15.4. The summed E-state index contributed by atoms with van der Waals surface area (Å²) in [6.45, 7) is -0.0987. The summed E-state index contributed by atoms with van der Waals surface area (Å²) >= 11 is 6.57. The van der Waals surface area contributed by atoms with E-state index in [1.807, 2.05) is 0 Å². The molecule has 0 fully saturated rings. The van der Waals surface area contributed by atoms with Crippen LogP contribution in [0.1, 0.15) is 16.9 Å². The van der Waals surface area contributed by atoms with Crippen LogP contribution in [0, 0.1) is 11.2 Å². The van der Waals surface area contributed by atoms with E-state index < -0.39 is 46.1 Å². The number of alkyl halides is 3. The van der Waals surface area contributed by atoms with Gasteiger partial charge >= 0.3 is 18.1 Å². The van der Waals surface area contributed by atoms with E-state index in [-0.39, 0.29) is 44.9 Å². The highest BCUT2D eigenvalue weighted by atomic mass is 79.9. The van der Waals surface area contributed by atoms with Crippen LogP contribution in [0.3, 0.4) is 0 Å². The molecule has 0 atom stereocenters. The molecule has 0 spiro atoms. The van der Waals surface area contributed by atoms with Crippen LogP contribution in [0.2, 0.25) is 0 Å². The molecule has 2 aromatic heterocycles. The molecule has 11 nitrogen and oxygen atoms in total. The Hall–Kier alpha value is -3.46. The van der Waals surface area contributed by atoms with Gasteiger partial charge in [-0.05, 0) is 58.6 Å². The number of halogens is 5. The molecule has 1 amide bonds. The lowest BCUT2D eigenvalue weighted by Crippen LogP contribution is -2.28. The van der Waals surface area contributed by atoms with E-state index in [0.717, 1.165) is 29.2 Å². The first-order valence-corrected chi connectivity index (χ1v) is 18.4. The van der Waals surface area contributed by atoms with Crippen LogP contribution in [-0.4, -0.2) is 65.6 Å². The number of nitrogens with zero attached hydrogens (tertiary/aromatic N) is 2. The molecule has 0 aliphatic rings. The van der Waals surface area contributed by atoms with Crippen molar-refractivity contribution in [1.29, 1.82) is 5.41 Å². The number of amidine groups is 1. The SMILES string of the molecule is CSc1sc(C(=N)N)cc1S(=O)(=O)c1cc(Br)c2ncn(Cc3cc(NC(=O)CSCCC(=O)OC(=O)C(F)(F)F)ccc3F)c2c1. The smallest absolute Gasteiger partial charge is 0.386 e. The van der Waals surface area contributed by atoms with Gasteiger partial charge in [-0.25, -0.2) is 22.6 Å². The zero-order chi connectivity index (χ0) is 34.7. The van der Waals surface area contributed by atoms with Gasteiger partial charge in [0.2, 0.25) is 15.7 Å². The maximum Gasteiger partial charge on any atom is 0.491 e. The molecule has 0 aliphatic heterocycles. The third-order valence-corrected chi connectivity index (χ3v) is 12.0. The lowest BCUT2D eigenvalue weighted by atomic mass is 10.1. The fourth-order valence-corrected chi connectivity index (χ4v) is 9.33. The number of aromatic nitrogens is 2. The van der Waals surface area contributed by atoms with Crippen molar-refractivity contribution in [1.82, 2.24) is 9.55 Å². The Kier molecular flexibility index (Phi) is 11.4. The van der Waals surface area contributed by atoms with Crippen molar-refractivity contribution >= 4 is 101 Å². The third kappa shape index (κ3) is 8.72. The van der Waals surface area contributed by atoms with E-state index in [9.17, 15) is 40.4 Å². The number of amides is 1. The second kappa shape index (κ2) is 14.8. The molecule has 47 heavy (non-hydrogen) atoms. The average molecular weight is 797 g/mol. The molecule has 0 unspecified atom stereocenters. The van der Waals surface area contributed by atoms with Gasteiger partial charge in [0, 0.05) is 21.5 Å². The number of hydrogen-bond acceptors (Lipinski definition) is 11. The fraction of sp³-hybridized carbons (Fsp3) is 0.222. The molecule has 4 rings (SSSR count). The Labute approximate surface area is 285 Å². The van der Waals surface area contributed by atoms with Gasteiger partial charge in [0.25, 0.3) is 0 Å². The molecule has 4 aromatic rings. The lowest BCUT2D eigenvalue weighted by molar-refractivity contribution is -0.201. The van der Waals surface area contributed by atoms with Gasteiger partial charge in [-0.3, -0.25) is 15.0 Å². The van der Waals surface area contributed by atoms with E-state index in [4.69, 9.17) is 11.1 Å². The Morgan fingerprint density at radius 3 is 2.57 bits per heavy atom. The van der Waals surface area contributed by atoms with Crippen molar-refractivity contribution in [3.8, 4) is 0 Å². The maximum atomic E-state index is 14.9. The summed E-state index contributed by atoms with van der Waals surface area (Å²) in [5.41, 5.74) is 6.72. The Morgan fingerprint density at radius 1 is 1.19 bits per heavy atom. The molecule has 0 saturated heterocycles. The van der Waals surface area contributed by atoms with Gasteiger partial charge in [-0.1, -0.05) is 0 Å². The number of carbonyl (C=O) groups is 3. The number of hydrogen-bond donors (Lipinski definition) is 3. The van der Waals surface area contributed by atoms with Crippen LogP contribution in [0.4, 0.5) is 23.2 Å². The molecular formula is C27H22BrF4N5O6S4. The first kappa shape index (κ1) is 36.4. The molecule has 0 radical (unpaired) electrons. The first-order valence-electron chi connectivity index (χ1n) is 12.9. The van der Waals surface area contributed by atoms with Crippen LogP contribution in [0.15, 0.2) is 61.2 Å². The van der Waals surface area contributed by atoms with Crippen molar-refractivity contribution in [2.24, 2.45) is 5.73 Å². The van der Waals surface area contributed by atoms with E-state index >= 15 is 0 Å². The highest BCUT2D eigenvalue weighted by molar-refractivity contribution is 9.10. The normalized spacial score (nSPS) is 11.9. The number of nitrogens with one attached hydrogen (secondary N) is 2. The Morgan fingerprint density at radius 2 is 1.91 bits per heavy atom. The van der Waals surface area contributed by atoms with Gasteiger partial charge in [-0.2, -0.15) is 24.9 Å². The van der Waals surface area contributed by atoms with Crippen LogP contribution in [0.25, 0.3) is 11.0 Å². The highest BCUT2D eigenvalue weighted by Gasteiger charge is 2.42. The summed E-state index contributed by atoms with van der Waals surface area (Å²) in [6.07, 6.45) is -2.72. The summed E-state index contributed by atoms with van der Waals surface area (Å²) in [5.74, 6) is -5.74. The van der Waals surface area contributed by atoms with Crippen LogP contribution < -0.4 is 11.1 Å². The highest BCUT2D eigenvalue weighted by Crippen LogP contribution is 2.38. The predicted octanol–water partition coefficient (Wildman–Crippen LogP) is 5.58. The minimum atomic E-state index is -5.30. The molecule has 0 aliphatic carbocycles.